The third-order valence-corrected chi connectivity index (χ3v) is 3.51. The average Bonchev–Trinajstić information content (AvgIpc) is 2.75. The predicted octanol–water partition coefficient (Wildman–Crippen LogP) is 2.30. The summed E-state index contributed by atoms with van der Waals surface area (Å²) in [7, 11) is 0. The van der Waals surface area contributed by atoms with Gasteiger partial charge < -0.3 is 14.6 Å². The second kappa shape index (κ2) is 5.02. The molecule has 1 aromatic heterocycles. The molecule has 0 aromatic carbocycles. The molecule has 102 valence electrons. The van der Waals surface area contributed by atoms with E-state index in [-0.39, 0.29) is 11.1 Å². The van der Waals surface area contributed by atoms with Crippen LogP contribution >= 0.6 is 0 Å². The Labute approximate surface area is 110 Å². The summed E-state index contributed by atoms with van der Waals surface area (Å²) in [6, 6.07) is 0. The van der Waals surface area contributed by atoms with Crippen LogP contribution in [0.2, 0.25) is 0 Å². The van der Waals surface area contributed by atoms with Crippen molar-refractivity contribution in [2.24, 2.45) is 0 Å². The van der Waals surface area contributed by atoms with Gasteiger partial charge >= 0.3 is 0 Å². The lowest BCUT2D eigenvalue weighted by atomic mass is 9.94. The van der Waals surface area contributed by atoms with Crippen LogP contribution in [0.1, 0.15) is 46.2 Å². The van der Waals surface area contributed by atoms with Gasteiger partial charge in [0.1, 0.15) is 0 Å². The van der Waals surface area contributed by atoms with E-state index in [2.05, 4.69) is 42.6 Å². The van der Waals surface area contributed by atoms with E-state index in [1.54, 1.807) is 0 Å². The van der Waals surface area contributed by atoms with Gasteiger partial charge in [-0.1, -0.05) is 0 Å². The van der Waals surface area contributed by atoms with Crippen LogP contribution in [-0.4, -0.2) is 28.3 Å². The molecule has 1 aromatic rings. The first-order valence-electron chi connectivity index (χ1n) is 6.75. The molecule has 1 aliphatic rings. The molecule has 2 heterocycles. The third kappa shape index (κ3) is 3.12. The number of nitrogens with one attached hydrogen (secondary N) is 1. The van der Waals surface area contributed by atoms with Gasteiger partial charge in [-0.3, -0.25) is 0 Å². The maximum atomic E-state index is 5.64. The maximum Gasteiger partial charge on any atom is 0.0954 e. The Morgan fingerprint density at radius 2 is 2.28 bits per heavy atom. The molecular weight excluding hydrogens is 226 g/mol. The molecule has 1 fully saturated rings. The molecule has 0 spiro atoms. The normalized spacial score (nSPS) is 25.3. The van der Waals surface area contributed by atoms with Gasteiger partial charge in [-0.25, -0.2) is 4.98 Å². The van der Waals surface area contributed by atoms with Crippen molar-refractivity contribution in [3.8, 4) is 0 Å². The van der Waals surface area contributed by atoms with Crippen LogP contribution in [0.4, 0.5) is 0 Å². The van der Waals surface area contributed by atoms with Gasteiger partial charge in [0.25, 0.3) is 0 Å². The van der Waals surface area contributed by atoms with Crippen molar-refractivity contribution in [2.75, 3.05) is 13.2 Å². The molecule has 0 saturated carbocycles. The molecule has 0 bridgehead atoms. The summed E-state index contributed by atoms with van der Waals surface area (Å²) in [6.07, 6.45) is 6.18. The van der Waals surface area contributed by atoms with E-state index in [9.17, 15) is 0 Å². The van der Waals surface area contributed by atoms with Crippen LogP contribution < -0.4 is 5.32 Å². The van der Waals surface area contributed by atoms with Crippen LogP contribution in [0.5, 0.6) is 0 Å². The highest BCUT2D eigenvalue weighted by Gasteiger charge is 2.31. The standard InChI is InChI=1S/C14H25N3O/c1-13(2,3)16-9-12-8-15-11-17(12)14(4)6-5-7-18-10-14/h8,11,16H,5-7,9-10H2,1-4H3. The number of hydrogen-bond acceptors (Lipinski definition) is 3. The zero-order chi connectivity index (χ0) is 13.2. The topological polar surface area (TPSA) is 39.1 Å². The number of rotatable bonds is 3. The lowest BCUT2D eigenvalue weighted by Gasteiger charge is -2.36. The van der Waals surface area contributed by atoms with Gasteiger partial charge in [0.15, 0.2) is 0 Å². The smallest absolute Gasteiger partial charge is 0.0954 e. The van der Waals surface area contributed by atoms with Gasteiger partial charge in [0.2, 0.25) is 0 Å². The van der Waals surface area contributed by atoms with Crippen molar-refractivity contribution in [1.82, 2.24) is 14.9 Å². The molecular formula is C14H25N3O. The molecule has 2 rings (SSSR count). The third-order valence-electron chi connectivity index (χ3n) is 3.51. The Morgan fingerprint density at radius 3 is 2.89 bits per heavy atom. The van der Waals surface area contributed by atoms with Crippen LogP contribution in [0.25, 0.3) is 0 Å². The van der Waals surface area contributed by atoms with E-state index in [0.29, 0.717) is 0 Å². The number of aromatic nitrogens is 2. The molecule has 0 amide bonds. The first kappa shape index (κ1) is 13.6. The van der Waals surface area contributed by atoms with Crippen LogP contribution in [-0.2, 0) is 16.8 Å². The van der Waals surface area contributed by atoms with E-state index in [0.717, 1.165) is 32.6 Å². The molecule has 4 heteroatoms. The number of ether oxygens (including phenoxy) is 1. The number of hydrogen-bond donors (Lipinski definition) is 1. The average molecular weight is 251 g/mol. The fraction of sp³-hybridized carbons (Fsp3) is 0.786. The summed E-state index contributed by atoms with van der Waals surface area (Å²) in [5.41, 5.74) is 1.42. The lowest BCUT2D eigenvalue weighted by molar-refractivity contribution is 0.00805. The highest BCUT2D eigenvalue weighted by molar-refractivity contribution is 5.05. The van der Waals surface area contributed by atoms with Gasteiger partial charge in [0.05, 0.1) is 24.2 Å². The van der Waals surface area contributed by atoms with Crippen molar-refractivity contribution in [1.29, 1.82) is 0 Å². The summed E-state index contributed by atoms with van der Waals surface area (Å²) in [4.78, 5) is 4.31. The Kier molecular flexibility index (Phi) is 3.78. The predicted molar refractivity (Wildman–Crippen MR) is 72.5 cm³/mol. The Hall–Kier alpha value is -0.870. The van der Waals surface area contributed by atoms with Gasteiger partial charge in [-0.05, 0) is 40.5 Å². The molecule has 4 nitrogen and oxygen atoms in total. The van der Waals surface area contributed by atoms with E-state index in [4.69, 9.17) is 4.74 Å². The van der Waals surface area contributed by atoms with Crippen molar-refractivity contribution in [3.63, 3.8) is 0 Å². The van der Waals surface area contributed by atoms with Crippen LogP contribution in [0, 0.1) is 0 Å². The van der Waals surface area contributed by atoms with Gasteiger partial charge in [-0.15, -0.1) is 0 Å². The molecule has 1 atom stereocenters. The Morgan fingerprint density at radius 1 is 1.50 bits per heavy atom. The minimum absolute atomic E-state index is 0.0592. The largest absolute Gasteiger partial charge is 0.379 e. The van der Waals surface area contributed by atoms with Crippen LogP contribution in [0.3, 0.4) is 0 Å². The SMILES string of the molecule is CC(C)(C)NCc1cncn1C1(C)CCCOC1. The lowest BCUT2D eigenvalue weighted by Crippen LogP contribution is -2.41. The zero-order valence-electron chi connectivity index (χ0n) is 12.0. The highest BCUT2D eigenvalue weighted by atomic mass is 16.5. The molecule has 1 aliphatic heterocycles. The zero-order valence-corrected chi connectivity index (χ0v) is 12.0. The minimum atomic E-state index is 0.0592. The van der Waals surface area contributed by atoms with E-state index in [1.165, 1.54) is 5.69 Å². The first-order valence-corrected chi connectivity index (χ1v) is 6.75. The summed E-state index contributed by atoms with van der Waals surface area (Å²) >= 11 is 0. The van der Waals surface area contributed by atoms with E-state index < -0.39 is 0 Å². The number of imidazole rings is 1. The van der Waals surface area contributed by atoms with Crippen molar-refractivity contribution < 1.29 is 4.74 Å². The van der Waals surface area contributed by atoms with Crippen molar-refractivity contribution >= 4 is 0 Å². The van der Waals surface area contributed by atoms with Gasteiger partial charge in [0, 0.05) is 24.9 Å². The molecule has 1 unspecified atom stereocenters. The van der Waals surface area contributed by atoms with E-state index in [1.807, 2.05) is 12.5 Å². The molecule has 0 aliphatic carbocycles. The van der Waals surface area contributed by atoms with Crippen molar-refractivity contribution in [3.05, 3.63) is 18.2 Å². The Bertz CT molecular complexity index is 386. The van der Waals surface area contributed by atoms with Gasteiger partial charge in [-0.2, -0.15) is 0 Å². The fourth-order valence-corrected chi connectivity index (χ4v) is 2.40. The number of nitrogens with zero attached hydrogens (tertiary/aromatic N) is 2. The summed E-state index contributed by atoms with van der Waals surface area (Å²) in [6.45, 7) is 11.3. The molecule has 1 N–H and O–H groups in total. The summed E-state index contributed by atoms with van der Waals surface area (Å²) in [5, 5.41) is 3.52. The molecule has 1 saturated heterocycles. The monoisotopic (exact) mass is 251 g/mol. The quantitative estimate of drug-likeness (QED) is 0.896. The fourth-order valence-electron chi connectivity index (χ4n) is 2.40. The summed E-state index contributed by atoms with van der Waals surface area (Å²) in [5.74, 6) is 0. The second-order valence-electron chi connectivity index (χ2n) is 6.51. The Balaban J connectivity index is 2.11. The second-order valence-corrected chi connectivity index (χ2v) is 6.51. The van der Waals surface area contributed by atoms with Crippen LogP contribution in [0.15, 0.2) is 12.5 Å². The molecule has 0 radical (unpaired) electrons. The summed E-state index contributed by atoms with van der Waals surface area (Å²) < 4.78 is 7.92. The minimum Gasteiger partial charge on any atom is -0.379 e. The highest BCUT2D eigenvalue weighted by Crippen LogP contribution is 2.28. The maximum absolute atomic E-state index is 5.64. The van der Waals surface area contributed by atoms with E-state index >= 15 is 0 Å². The molecule has 18 heavy (non-hydrogen) atoms. The van der Waals surface area contributed by atoms with Crippen molar-refractivity contribution in [2.45, 2.75) is 58.2 Å². The first-order chi connectivity index (χ1) is 8.41.